The molecular formula is C15H25BrN2O. The Labute approximate surface area is 125 Å². The summed E-state index contributed by atoms with van der Waals surface area (Å²) in [6, 6.07) is 6.58. The molecule has 2 N–H and O–H groups in total. The van der Waals surface area contributed by atoms with Gasteiger partial charge in [-0.2, -0.15) is 0 Å². The Kier molecular flexibility index (Phi) is 7.42. The molecule has 0 amide bonds. The summed E-state index contributed by atoms with van der Waals surface area (Å²) >= 11 is 3.54. The second-order valence-corrected chi connectivity index (χ2v) is 5.65. The number of ether oxygens (including phenoxy) is 1. The molecule has 0 aromatic heterocycles. The Bertz CT molecular complexity index is 382. The summed E-state index contributed by atoms with van der Waals surface area (Å²) in [7, 11) is 0. The summed E-state index contributed by atoms with van der Waals surface area (Å²) in [5.74, 6) is 0. The van der Waals surface area contributed by atoms with Crippen LogP contribution in [0.3, 0.4) is 0 Å². The fourth-order valence-electron chi connectivity index (χ4n) is 2.14. The van der Waals surface area contributed by atoms with Gasteiger partial charge in [0.1, 0.15) is 0 Å². The van der Waals surface area contributed by atoms with Gasteiger partial charge in [-0.1, -0.05) is 15.9 Å². The molecule has 0 fully saturated rings. The maximum atomic E-state index is 5.95. The van der Waals surface area contributed by atoms with Crippen LogP contribution in [0.1, 0.15) is 26.3 Å². The van der Waals surface area contributed by atoms with Crippen LogP contribution in [0.4, 0.5) is 5.69 Å². The van der Waals surface area contributed by atoms with Gasteiger partial charge in [-0.15, -0.1) is 0 Å². The van der Waals surface area contributed by atoms with Gasteiger partial charge in [0.15, 0.2) is 0 Å². The lowest BCUT2D eigenvalue weighted by Gasteiger charge is -2.26. The topological polar surface area (TPSA) is 38.5 Å². The fourth-order valence-corrected chi connectivity index (χ4v) is 2.55. The number of halogens is 1. The average molecular weight is 329 g/mol. The van der Waals surface area contributed by atoms with Gasteiger partial charge >= 0.3 is 0 Å². The zero-order chi connectivity index (χ0) is 14.3. The van der Waals surface area contributed by atoms with Crippen LogP contribution in [0.5, 0.6) is 0 Å². The minimum Gasteiger partial charge on any atom is -0.380 e. The van der Waals surface area contributed by atoms with Gasteiger partial charge in [-0.3, -0.25) is 0 Å². The SMILES string of the molecule is CCOCCN(CC)c1ccc(Br)cc1CC(C)N. The summed E-state index contributed by atoms with van der Waals surface area (Å²) in [4.78, 5) is 2.35. The van der Waals surface area contributed by atoms with Crippen molar-refractivity contribution in [3.8, 4) is 0 Å². The van der Waals surface area contributed by atoms with Gasteiger partial charge in [0.05, 0.1) is 6.61 Å². The molecule has 3 nitrogen and oxygen atoms in total. The molecule has 108 valence electrons. The number of hydrogen-bond donors (Lipinski definition) is 1. The predicted octanol–water partition coefficient (Wildman–Crippen LogP) is 3.20. The maximum absolute atomic E-state index is 5.95. The normalized spacial score (nSPS) is 12.5. The summed E-state index contributed by atoms with van der Waals surface area (Å²) in [5.41, 5.74) is 8.51. The molecule has 0 saturated heterocycles. The van der Waals surface area contributed by atoms with Gasteiger partial charge in [-0.05, 0) is 51.0 Å². The van der Waals surface area contributed by atoms with Crippen LogP contribution in [0.2, 0.25) is 0 Å². The second kappa shape index (κ2) is 8.56. The number of likely N-dealkylation sites (N-methyl/N-ethyl adjacent to an activating group) is 1. The molecule has 1 unspecified atom stereocenters. The molecule has 0 radical (unpaired) electrons. The van der Waals surface area contributed by atoms with Gasteiger partial charge in [-0.25, -0.2) is 0 Å². The predicted molar refractivity (Wildman–Crippen MR) is 85.9 cm³/mol. The smallest absolute Gasteiger partial charge is 0.0641 e. The highest BCUT2D eigenvalue weighted by Gasteiger charge is 2.11. The van der Waals surface area contributed by atoms with Crippen molar-refractivity contribution in [2.24, 2.45) is 5.73 Å². The molecule has 1 rings (SSSR count). The largest absolute Gasteiger partial charge is 0.380 e. The van der Waals surface area contributed by atoms with Gasteiger partial charge in [0.25, 0.3) is 0 Å². The Morgan fingerprint density at radius 3 is 2.68 bits per heavy atom. The van der Waals surface area contributed by atoms with Crippen LogP contribution in [0.25, 0.3) is 0 Å². The van der Waals surface area contributed by atoms with Crippen molar-refractivity contribution in [2.75, 3.05) is 31.2 Å². The molecule has 0 aliphatic rings. The molecule has 0 aliphatic heterocycles. The average Bonchev–Trinajstić information content (AvgIpc) is 2.35. The molecule has 4 heteroatoms. The van der Waals surface area contributed by atoms with E-state index in [2.05, 4.69) is 46.0 Å². The molecular weight excluding hydrogens is 304 g/mol. The first kappa shape index (κ1) is 16.5. The van der Waals surface area contributed by atoms with Crippen LogP contribution in [-0.4, -0.2) is 32.3 Å². The van der Waals surface area contributed by atoms with Crippen molar-refractivity contribution in [1.82, 2.24) is 0 Å². The van der Waals surface area contributed by atoms with E-state index in [1.165, 1.54) is 11.3 Å². The van der Waals surface area contributed by atoms with Crippen LogP contribution >= 0.6 is 15.9 Å². The number of benzene rings is 1. The standard InChI is InChI=1S/C15H25BrN2O/c1-4-18(8-9-19-5-2)15-7-6-14(16)11-13(15)10-12(3)17/h6-7,11-12H,4-5,8-10,17H2,1-3H3. The lowest BCUT2D eigenvalue weighted by atomic mass is 10.0. The third-order valence-electron chi connectivity index (χ3n) is 3.02. The van der Waals surface area contributed by atoms with Crippen molar-refractivity contribution < 1.29 is 4.74 Å². The number of hydrogen-bond acceptors (Lipinski definition) is 3. The number of nitrogens with two attached hydrogens (primary N) is 1. The molecule has 0 spiro atoms. The van der Waals surface area contributed by atoms with E-state index in [9.17, 15) is 0 Å². The molecule has 19 heavy (non-hydrogen) atoms. The van der Waals surface area contributed by atoms with Crippen molar-refractivity contribution >= 4 is 21.6 Å². The second-order valence-electron chi connectivity index (χ2n) is 4.73. The van der Waals surface area contributed by atoms with Crippen LogP contribution in [-0.2, 0) is 11.2 Å². The van der Waals surface area contributed by atoms with E-state index < -0.39 is 0 Å². The number of anilines is 1. The summed E-state index contributed by atoms with van der Waals surface area (Å²) < 4.78 is 6.56. The van der Waals surface area contributed by atoms with Crippen molar-refractivity contribution in [3.05, 3.63) is 28.2 Å². The highest BCUT2D eigenvalue weighted by molar-refractivity contribution is 9.10. The van der Waals surface area contributed by atoms with Crippen LogP contribution in [0.15, 0.2) is 22.7 Å². The van der Waals surface area contributed by atoms with E-state index in [4.69, 9.17) is 10.5 Å². The zero-order valence-electron chi connectivity index (χ0n) is 12.2. The molecule has 0 bridgehead atoms. The first-order valence-electron chi connectivity index (χ1n) is 6.95. The maximum Gasteiger partial charge on any atom is 0.0641 e. The number of nitrogens with zero attached hydrogens (tertiary/aromatic N) is 1. The third-order valence-corrected chi connectivity index (χ3v) is 3.51. The Morgan fingerprint density at radius 2 is 2.11 bits per heavy atom. The minimum atomic E-state index is 0.165. The minimum absolute atomic E-state index is 0.165. The first-order chi connectivity index (χ1) is 9.08. The van der Waals surface area contributed by atoms with Gasteiger partial charge < -0.3 is 15.4 Å². The van der Waals surface area contributed by atoms with E-state index in [0.717, 1.165) is 37.2 Å². The molecule has 0 saturated carbocycles. The van der Waals surface area contributed by atoms with E-state index in [-0.39, 0.29) is 6.04 Å². The molecule has 1 aromatic carbocycles. The van der Waals surface area contributed by atoms with Gasteiger partial charge in [0, 0.05) is 35.9 Å². The lowest BCUT2D eigenvalue weighted by Crippen LogP contribution is -2.29. The Balaban J connectivity index is 2.88. The van der Waals surface area contributed by atoms with Crippen molar-refractivity contribution in [2.45, 2.75) is 33.2 Å². The van der Waals surface area contributed by atoms with E-state index in [1.54, 1.807) is 0 Å². The van der Waals surface area contributed by atoms with Crippen LogP contribution in [0, 0.1) is 0 Å². The van der Waals surface area contributed by atoms with E-state index >= 15 is 0 Å². The summed E-state index contributed by atoms with van der Waals surface area (Å²) in [6.45, 7) is 9.66. The fraction of sp³-hybridized carbons (Fsp3) is 0.600. The van der Waals surface area contributed by atoms with E-state index in [0.29, 0.717) is 0 Å². The van der Waals surface area contributed by atoms with Crippen molar-refractivity contribution in [1.29, 1.82) is 0 Å². The Hall–Kier alpha value is -0.580. The lowest BCUT2D eigenvalue weighted by molar-refractivity contribution is 0.154. The van der Waals surface area contributed by atoms with E-state index in [1.807, 2.05) is 13.8 Å². The molecule has 1 atom stereocenters. The highest BCUT2D eigenvalue weighted by atomic mass is 79.9. The quantitative estimate of drug-likeness (QED) is 0.745. The molecule has 0 aliphatic carbocycles. The summed E-state index contributed by atoms with van der Waals surface area (Å²) in [6.07, 6.45) is 0.889. The first-order valence-corrected chi connectivity index (χ1v) is 7.74. The highest BCUT2D eigenvalue weighted by Crippen LogP contribution is 2.25. The molecule has 0 heterocycles. The monoisotopic (exact) mass is 328 g/mol. The third kappa shape index (κ3) is 5.51. The van der Waals surface area contributed by atoms with Crippen LogP contribution < -0.4 is 10.6 Å². The summed E-state index contributed by atoms with van der Waals surface area (Å²) in [5, 5.41) is 0. The Morgan fingerprint density at radius 1 is 1.37 bits per heavy atom. The number of rotatable bonds is 8. The van der Waals surface area contributed by atoms with Gasteiger partial charge in [0.2, 0.25) is 0 Å². The molecule has 1 aromatic rings. The van der Waals surface area contributed by atoms with Crippen molar-refractivity contribution in [3.63, 3.8) is 0 Å². The zero-order valence-corrected chi connectivity index (χ0v) is 13.7.